The summed E-state index contributed by atoms with van der Waals surface area (Å²) in [6.07, 6.45) is 1.48. The monoisotopic (exact) mass is 354 g/mol. The van der Waals surface area contributed by atoms with Crippen LogP contribution in [0.3, 0.4) is 0 Å². The summed E-state index contributed by atoms with van der Waals surface area (Å²) < 4.78 is 23.6. The van der Waals surface area contributed by atoms with E-state index in [0.29, 0.717) is 22.6 Å². The van der Waals surface area contributed by atoms with Crippen LogP contribution in [-0.4, -0.2) is 16.9 Å². The zero-order valence-electron chi connectivity index (χ0n) is 13.9. The van der Waals surface area contributed by atoms with Crippen molar-refractivity contribution in [3.8, 4) is 11.3 Å². The summed E-state index contributed by atoms with van der Waals surface area (Å²) in [6.45, 7) is 1.23. The van der Waals surface area contributed by atoms with Gasteiger partial charge in [0.05, 0.1) is 11.8 Å². The second-order valence-electron chi connectivity index (χ2n) is 5.46. The molecule has 0 aliphatic carbocycles. The maximum atomic E-state index is 12.9. The third-order valence-corrected chi connectivity index (χ3v) is 3.43. The van der Waals surface area contributed by atoms with E-state index in [-0.39, 0.29) is 24.2 Å². The fraction of sp³-hybridized carbons (Fsp3) is 0.105. The van der Waals surface area contributed by atoms with Gasteiger partial charge in [0.1, 0.15) is 5.82 Å². The Bertz CT molecular complexity index is 935. The zero-order valence-corrected chi connectivity index (χ0v) is 13.9. The molecule has 132 valence electrons. The SMILES string of the molecule is CC(=O)Nc1cccc(C(=O)OCc2ncc(-c3ccc(F)cc3)o2)c1. The Labute approximate surface area is 148 Å². The number of esters is 1. The average Bonchev–Trinajstić information content (AvgIpc) is 3.09. The van der Waals surface area contributed by atoms with Crippen LogP contribution in [0.4, 0.5) is 10.1 Å². The first-order chi connectivity index (χ1) is 12.5. The van der Waals surface area contributed by atoms with Gasteiger partial charge in [-0.25, -0.2) is 14.2 Å². The molecular weight excluding hydrogens is 339 g/mol. The summed E-state index contributed by atoms with van der Waals surface area (Å²) in [5.74, 6) is -0.481. The lowest BCUT2D eigenvalue weighted by Crippen LogP contribution is -2.09. The van der Waals surface area contributed by atoms with E-state index in [0.717, 1.165) is 0 Å². The molecule has 6 nitrogen and oxygen atoms in total. The molecule has 0 atom stereocenters. The number of anilines is 1. The number of aromatic nitrogens is 1. The van der Waals surface area contributed by atoms with E-state index >= 15 is 0 Å². The largest absolute Gasteiger partial charge is 0.452 e. The van der Waals surface area contributed by atoms with Crippen LogP contribution in [0.25, 0.3) is 11.3 Å². The predicted molar refractivity (Wildman–Crippen MR) is 91.8 cm³/mol. The molecule has 0 saturated heterocycles. The van der Waals surface area contributed by atoms with Crippen LogP contribution in [0.15, 0.2) is 59.1 Å². The molecule has 3 aromatic rings. The number of ether oxygens (including phenoxy) is 1. The molecular formula is C19H15FN2O4. The number of rotatable bonds is 5. The fourth-order valence-corrected chi connectivity index (χ4v) is 2.26. The molecule has 1 heterocycles. The van der Waals surface area contributed by atoms with Gasteiger partial charge in [-0.2, -0.15) is 0 Å². The summed E-state index contributed by atoms with van der Waals surface area (Å²) in [5.41, 5.74) is 1.46. The molecule has 0 fully saturated rings. The van der Waals surface area contributed by atoms with Crippen LogP contribution in [0.1, 0.15) is 23.2 Å². The minimum atomic E-state index is -0.571. The van der Waals surface area contributed by atoms with Crippen molar-refractivity contribution in [3.05, 3.63) is 72.0 Å². The lowest BCUT2D eigenvalue weighted by molar-refractivity contribution is -0.114. The molecule has 0 aliphatic heterocycles. The molecule has 1 aromatic heterocycles. The highest BCUT2D eigenvalue weighted by Crippen LogP contribution is 2.21. The van der Waals surface area contributed by atoms with Gasteiger partial charge in [0.25, 0.3) is 0 Å². The van der Waals surface area contributed by atoms with Crippen LogP contribution in [0, 0.1) is 5.82 Å². The topological polar surface area (TPSA) is 81.4 Å². The van der Waals surface area contributed by atoms with Crippen LogP contribution in [0.5, 0.6) is 0 Å². The summed E-state index contributed by atoms with van der Waals surface area (Å²) in [7, 11) is 0. The number of nitrogens with zero attached hydrogens (tertiary/aromatic N) is 1. The molecule has 1 amide bonds. The van der Waals surface area contributed by atoms with Crippen molar-refractivity contribution < 1.29 is 23.1 Å². The summed E-state index contributed by atoms with van der Waals surface area (Å²) in [6, 6.07) is 12.2. The molecule has 26 heavy (non-hydrogen) atoms. The maximum Gasteiger partial charge on any atom is 0.338 e. The van der Waals surface area contributed by atoms with Gasteiger partial charge in [-0.1, -0.05) is 6.07 Å². The summed E-state index contributed by atoms with van der Waals surface area (Å²) >= 11 is 0. The van der Waals surface area contributed by atoms with Crippen molar-refractivity contribution in [1.29, 1.82) is 0 Å². The van der Waals surface area contributed by atoms with E-state index < -0.39 is 5.97 Å². The second-order valence-corrected chi connectivity index (χ2v) is 5.46. The lowest BCUT2D eigenvalue weighted by atomic mass is 10.2. The maximum absolute atomic E-state index is 12.9. The number of hydrogen-bond donors (Lipinski definition) is 1. The van der Waals surface area contributed by atoms with Crippen molar-refractivity contribution >= 4 is 17.6 Å². The average molecular weight is 354 g/mol. The third-order valence-electron chi connectivity index (χ3n) is 3.43. The Hall–Kier alpha value is -3.48. The summed E-state index contributed by atoms with van der Waals surface area (Å²) in [4.78, 5) is 27.2. The molecule has 0 spiro atoms. The van der Waals surface area contributed by atoms with E-state index in [4.69, 9.17) is 9.15 Å². The molecule has 0 saturated carbocycles. The van der Waals surface area contributed by atoms with Gasteiger partial charge in [-0.05, 0) is 42.5 Å². The smallest absolute Gasteiger partial charge is 0.338 e. The molecule has 0 unspecified atom stereocenters. The number of carbonyl (C=O) groups excluding carboxylic acids is 2. The van der Waals surface area contributed by atoms with Gasteiger partial charge in [0, 0.05) is 18.2 Å². The normalized spacial score (nSPS) is 10.4. The highest BCUT2D eigenvalue weighted by molar-refractivity contribution is 5.93. The van der Waals surface area contributed by atoms with E-state index in [9.17, 15) is 14.0 Å². The fourth-order valence-electron chi connectivity index (χ4n) is 2.26. The number of halogens is 1. The van der Waals surface area contributed by atoms with Crippen molar-refractivity contribution in [2.75, 3.05) is 5.32 Å². The van der Waals surface area contributed by atoms with Crippen molar-refractivity contribution in [1.82, 2.24) is 4.98 Å². The van der Waals surface area contributed by atoms with Gasteiger partial charge < -0.3 is 14.5 Å². The van der Waals surface area contributed by atoms with Gasteiger partial charge >= 0.3 is 5.97 Å². The number of oxazole rings is 1. The predicted octanol–water partition coefficient (Wildman–Crippen LogP) is 3.80. The number of hydrogen-bond acceptors (Lipinski definition) is 5. The highest BCUT2D eigenvalue weighted by Gasteiger charge is 2.12. The van der Waals surface area contributed by atoms with E-state index in [1.807, 2.05) is 0 Å². The minimum Gasteiger partial charge on any atom is -0.452 e. The minimum absolute atomic E-state index is 0.148. The van der Waals surface area contributed by atoms with Crippen molar-refractivity contribution in [3.63, 3.8) is 0 Å². The first-order valence-corrected chi connectivity index (χ1v) is 7.77. The van der Waals surface area contributed by atoms with E-state index in [1.54, 1.807) is 30.3 Å². The third kappa shape index (κ3) is 4.32. The highest BCUT2D eigenvalue weighted by atomic mass is 19.1. The van der Waals surface area contributed by atoms with Gasteiger partial charge in [-0.3, -0.25) is 4.79 Å². The number of benzene rings is 2. The molecule has 0 aliphatic rings. The van der Waals surface area contributed by atoms with Gasteiger partial charge in [0.15, 0.2) is 12.4 Å². The van der Waals surface area contributed by atoms with Gasteiger partial charge in [0.2, 0.25) is 11.8 Å². The second kappa shape index (κ2) is 7.60. The molecule has 7 heteroatoms. The van der Waals surface area contributed by atoms with Crippen LogP contribution >= 0.6 is 0 Å². The first-order valence-electron chi connectivity index (χ1n) is 7.77. The Morgan fingerprint density at radius 3 is 2.69 bits per heavy atom. The van der Waals surface area contributed by atoms with Crippen molar-refractivity contribution in [2.24, 2.45) is 0 Å². The zero-order chi connectivity index (χ0) is 18.5. The Kier molecular flexibility index (Phi) is 5.07. The van der Waals surface area contributed by atoms with Crippen LogP contribution in [-0.2, 0) is 16.1 Å². The van der Waals surface area contributed by atoms with Gasteiger partial charge in [-0.15, -0.1) is 0 Å². The number of amides is 1. The standard InChI is InChI=1S/C19H15FN2O4/c1-12(23)22-16-4-2-3-14(9-16)19(24)25-11-18-21-10-17(26-18)13-5-7-15(20)8-6-13/h2-10H,11H2,1H3,(H,22,23). The Morgan fingerprint density at radius 2 is 1.96 bits per heavy atom. The quantitative estimate of drug-likeness (QED) is 0.705. The molecule has 1 N–H and O–H groups in total. The molecule has 0 radical (unpaired) electrons. The first kappa shape index (κ1) is 17.3. The molecule has 3 rings (SSSR count). The number of nitrogens with one attached hydrogen (secondary N) is 1. The molecule has 2 aromatic carbocycles. The van der Waals surface area contributed by atoms with Crippen LogP contribution in [0.2, 0.25) is 0 Å². The molecule has 0 bridgehead atoms. The van der Waals surface area contributed by atoms with E-state index in [2.05, 4.69) is 10.3 Å². The summed E-state index contributed by atoms with van der Waals surface area (Å²) in [5, 5.41) is 2.60. The van der Waals surface area contributed by atoms with Crippen LogP contribution < -0.4 is 5.32 Å². The Balaban J connectivity index is 1.63. The Morgan fingerprint density at radius 1 is 1.19 bits per heavy atom. The van der Waals surface area contributed by atoms with E-state index in [1.165, 1.54) is 31.3 Å². The van der Waals surface area contributed by atoms with Crippen molar-refractivity contribution in [2.45, 2.75) is 13.5 Å². The lowest BCUT2D eigenvalue weighted by Gasteiger charge is -2.05. The number of carbonyl (C=O) groups is 2.